The summed E-state index contributed by atoms with van der Waals surface area (Å²) < 4.78 is 5.14. The van der Waals surface area contributed by atoms with Gasteiger partial charge < -0.3 is 15.2 Å². The Labute approximate surface area is 137 Å². The third kappa shape index (κ3) is 5.85. The lowest BCUT2D eigenvalue weighted by Gasteiger charge is -2.18. The molecule has 0 bridgehead atoms. The molecule has 0 aliphatic rings. The third-order valence-electron chi connectivity index (χ3n) is 3.60. The van der Waals surface area contributed by atoms with Crippen LogP contribution < -0.4 is 5.32 Å². The number of hydrogen-bond donors (Lipinski definition) is 2. The molecule has 0 fully saturated rings. The van der Waals surface area contributed by atoms with E-state index < -0.39 is 0 Å². The van der Waals surface area contributed by atoms with Crippen LogP contribution in [-0.4, -0.2) is 37.4 Å². The van der Waals surface area contributed by atoms with Crippen molar-refractivity contribution in [1.82, 2.24) is 5.32 Å². The lowest BCUT2D eigenvalue weighted by Crippen LogP contribution is -2.29. The molecule has 0 saturated heterocycles. The van der Waals surface area contributed by atoms with Crippen molar-refractivity contribution in [2.75, 3.05) is 26.4 Å². The number of amides is 1. The molecule has 0 heterocycles. The van der Waals surface area contributed by atoms with Crippen molar-refractivity contribution in [2.24, 2.45) is 0 Å². The molecule has 0 unspecified atom stereocenters. The zero-order chi connectivity index (χ0) is 16.3. The molecular weight excluding hydrogens is 290 g/mol. The molecule has 0 radical (unpaired) electrons. The Morgan fingerprint density at radius 2 is 1.52 bits per heavy atom. The molecule has 2 aromatic carbocycles. The molecule has 2 N–H and O–H groups in total. The van der Waals surface area contributed by atoms with Gasteiger partial charge in [-0.2, -0.15) is 0 Å². The molecule has 4 nitrogen and oxygen atoms in total. The Hall–Kier alpha value is -2.17. The minimum Gasteiger partial charge on any atom is -0.394 e. The number of carbonyl (C=O) groups excluding carboxylic acids is 1. The summed E-state index contributed by atoms with van der Waals surface area (Å²) in [7, 11) is 0. The second-order valence-electron chi connectivity index (χ2n) is 5.26. The first-order chi connectivity index (χ1) is 11.3. The van der Waals surface area contributed by atoms with Crippen LogP contribution in [0.25, 0.3) is 0 Å². The van der Waals surface area contributed by atoms with Crippen LogP contribution in [0, 0.1) is 0 Å². The fourth-order valence-electron chi connectivity index (χ4n) is 2.49. The first kappa shape index (κ1) is 17.2. The first-order valence-corrected chi connectivity index (χ1v) is 7.86. The third-order valence-corrected chi connectivity index (χ3v) is 3.60. The lowest BCUT2D eigenvalue weighted by molar-refractivity contribution is -0.121. The molecule has 2 rings (SSSR count). The second kappa shape index (κ2) is 9.77. The quantitative estimate of drug-likeness (QED) is 0.699. The van der Waals surface area contributed by atoms with E-state index in [9.17, 15) is 4.79 Å². The molecule has 0 aliphatic carbocycles. The number of aliphatic hydroxyl groups is 1. The highest BCUT2D eigenvalue weighted by Gasteiger charge is 2.17. The summed E-state index contributed by atoms with van der Waals surface area (Å²) in [5.41, 5.74) is 2.26. The molecule has 4 heteroatoms. The SMILES string of the molecule is O=C(CC(c1ccccc1)c1ccccc1)NCCOCCO. The van der Waals surface area contributed by atoms with E-state index >= 15 is 0 Å². The van der Waals surface area contributed by atoms with Gasteiger partial charge in [-0.25, -0.2) is 0 Å². The highest BCUT2D eigenvalue weighted by atomic mass is 16.5. The Kier molecular flexibility index (Phi) is 7.30. The van der Waals surface area contributed by atoms with Crippen LogP contribution in [0.4, 0.5) is 0 Å². The fraction of sp³-hybridized carbons (Fsp3) is 0.316. The number of rotatable bonds is 9. The minimum absolute atomic E-state index is 0.00195. The summed E-state index contributed by atoms with van der Waals surface area (Å²) in [6.45, 7) is 1.16. The van der Waals surface area contributed by atoms with Gasteiger partial charge in [0.1, 0.15) is 0 Å². The van der Waals surface area contributed by atoms with Crippen LogP contribution in [-0.2, 0) is 9.53 Å². The number of aliphatic hydroxyl groups excluding tert-OH is 1. The summed E-state index contributed by atoms with van der Waals surface area (Å²) in [4.78, 5) is 12.2. The van der Waals surface area contributed by atoms with Crippen molar-refractivity contribution < 1.29 is 14.6 Å². The summed E-state index contributed by atoms with van der Waals surface area (Å²) in [5.74, 6) is 0.0334. The zero-order valence-electron chi connectivity index (χ0n) is 13.2. The topological polar surface area (TPSA) is 58.6 Å². The maximum atomic E-state index is 12.2. The molecule has 0 spiro atoms. The monoisotopic (exact) mass is 313 g/mol. The number of carbonyl (C=O) groups is 1. The highest BCUT2D eigenvalue weighted by Crippen LogP contribution is 2.27. The van der Waals surface area contributed by atoms with Crippen LogP contribution in [0.1, 0.15) is 23.5 Å². The van der Waals surface area contributed by atoms with Crippen molar-refractivity contribution in [1.29, 1.82) is 0 Å². The van der Waals surface area contributed by atoms with Crippen molar-refractivity contribution in [2.45, 2.75) is 12.3 Å². The molecule has 1 amide bonds. The average molecular weight is 313 g/mol. The molecule has 122 valence electrons. The van der Waals surface area contributed by atoms with Gasteiger partial charge in [0.2, 0.25) is 5.91 Å². The number of hydrogen-bond acceptors (Lipinski definition) is 3. The second-order valence-corrected chi connectivity index (χ2v) is 5.26. The van der Waals surface area contributed by atoms with Gasteiger partial charge in [-0.1, -0.05) is 60.7 Å². The number of ether oxygens (including phenoxy) is 1. The van der Waals surface area contributed by atoms with Gasteiger partial charge in [0, 0.05) is 18.9 Å². The molecule has 0 atom stereocenters. The van der Waals surface area contributed by atoms with E-state index in [0.717, 1.165) is 11.1 Å². The van der Waals surface area contributed by atoms with Crippen LogP contribution in [0.3, 0.4) is 0 Å². The Morgan fingerprint density at radius 3 is 2.04 bits per heavy atom. The summed E-state index contributed by atoms with van der Waals surface area (Å²) in [6.07, 6.45) is 0.397. The van der Waals surface area contributed by atoms with E-state index in [-0.39, 0.29) is 18.4 Å². The van der Waals surface area contributed by atoms with Gasteiger partial charge in [0.15, 0.2) is 0 Å². The largest absolute Gasteiger partial charge is 0.394 e. The average Bonchev–Trinajstić information content (AvgIpc) is 2.61. The van der Waals surface area contributed by atoms with Crippen LogP contribution in [0.2, 0.25) is 0 Å². The lowest BCUT2D eigenvalue weighted by atomic mass is 9.88. The van der Waals surface area contributed by atoms with Gasteiger partial charge in [-0.15, -0.1) is 0 Å². The van der Waals surface area contributed by atoms with E-state index in [4.69, 9.17) is 9.84 Å². The van der Waals surface area contributed by atoms with Crippen LogP contribution in [0.15, 0.2) is 60.7 Å². The number of benzene rings is 2. The molecule has 23 heavy (non-hydrogen) atoms. The standard InChI is InChI=1S/C19H23NO3/c21-12-14-23-13-11-20-19(22)15-18(16-7-3-1-4-8-16)17-9-5-2-6-10-17/h1-10,18,21H,11-15H2,(H,20,22). The number of nitrogens with one attached hydrogen (secondary N) is 1. The fourth-order valence-corrected chi connectivity index (χ4v) is 2.49. The predicted octanol–water partition coefficient (Wildman–Crippen LogP) is 2.33. The Bertz CT molecular complexity index is 532. The van der Waals surface area contributed by atoms with Gasteiger partial charge in [0.05, 0.1) is 19.8 Å². The molecule has 0 aromatic heterocycles. The normalized spacial score (nSPS) is 10.7. The van der Waals surface area contributed by atoms with Gasteiger partial charge >= 0.3 is 0 Å². The highest BCUT2D eigenvalue weighted by molar-refractivity contribution is 5.77. The summed E-state index contributed by atoms with van der Waals surface area (Å²) >= 11 is 0. The summed E-state index contributed by atoms with van der Waals surface area (Å²) in [6, 6.07) is 20.1. The van der Waals surface area contributed by atoms with E-state index in [1.54, 1.807) is 0 Å². The minimum atomic E-state index is -0.00435. The van der Waals surface area contributed by atoms with E-state index in [0.29, 0.717) is 26.2 Å². The Morgan fingerprint density at radius 1 is 0.957 bits per heavy atom. The van der Waals surface area contributed by atoms with Crippen molar-refractivity contribution in [3.05, 3.63) is 71.8 Å². The molecule has 0 saturated carbocycles. The maximum Gasteiger partial charge on any atom is 0.221 e. The zero-order valence-corrected chi connectivity index (χ0v) is 13.2. The Balaban J connectivity index is 1.97. The molecule has 0 aliphatic heterocycles. The van der Waals surface area contributed by atoms with Crippen molar-refractivity contribution in [3.63, 3.8) is 0 Å². The molecular formula is C19H23NO3. The predicted molar refractivity (Wildman–Crippen MR) is 90.3 cm³/mol. The van der Waals surface area contributed by atoms with Crippen molar-refractivity contribution >= 4 is 5.91 Å². The molecule has 2 aromatic rings. The summed E-state index contributed by atoms with van der Waals surface area (Å²) in [5, 5.41) is 11.5. The first-order valence-electron chi connectivity index (χ1n) is 7.86. The van der Waals surface area contributed by atoms with Crippen molar-refractivity contribution in [3.8, 4) is 0 Å². The van der Waals surface area contributed by atoms with Gasteiger partial charge in [0.25, 0.3) is 0 Å². The van der Waals surface area contributed by atoms with Crippen LogP contribution in [0.5, 0.6) is 0 Å². The van der Waals surface area contributed by atoms with E-state index in [1.165, 1.54) is 0 Å². The maximum absolute atomic E-state index is 12.2. The van der Waals surface area contributed by atoms with E-state index in [1.807, 2.05) is 36.4 Å². The van der Waals surface area contributed by atoms with Crippen LogP contribution >= 0.6 is 0 Å². The van der Waals surface area contributed by atoms with Gasteiger partial charge in [-0.05, 0) is 11.1 Å². The van der Waals surface area contributed by atoms with E-state index in [2.05, 4.69) is 29.6 Å². The smallest absolute Gasteiger partial charge is 0.221 e. The van der Waals surface area contributed by atoms with Gasteiger partial charge in [-0.3, -0.25) is 4.79 Å².